The van der Waals surface area contributed by atoms with E-state index in [-0.39, 0.29) is 11.8 Å². The summed E-state index contributed by atoms with van der Waals surface area (Å²) in [5, 5.41) is 15.3. The second-order valence-corrected chi connectivity index (χ2v) is 6.22. The van der Waals surface area contributed by atoms with Crippen molar-refractivity contribution in [2.75, 3.05) is 5.32 Å². The minimum absolute atomic E-state index is 0.178. The van der Waals surface area contributed by atoms with E-state index < -0.39 is 0 Å². The van der Waals surface area contributed by atoms with E-state index in [0.29, 0.717) is 5.52 Å². The number of H-pyrrole nitrogens is 1. The Kier molecular flexibility index (Phi) is 4.19. The number of rotatable bonds is 4. The Morgan fingerprint density at radius 2 is 1.96 bits per heavy atom. The van der Waals surface area contributed by atoms with Crippen LogP contribution < -0.4 is 10.3 Å². The molecular weight excluding hydrogens is 324 g/mol. The number of nitrogens with zero attached hydrogens (tertiary/aromatic N) is 2. The average Bonchev–Trinajstić information content (AvgIpc) is 2.68. The Morgan fingerprint density at radius 1 is 1.08 bits per heavy atom. The molecule has 0 amide bonds. The van der Waals surface area contributed by atoms with Crippen LogP contribution in [0.2, 0.25) is 0 Å². The number of hydrogen-bond acceptors (Lipinski definition) is 4. The molecule has 0 aliphatic carbocycles. The number of nitrogens with one attached hydrogen (secondary N) is 2. The van der Waals surface area contributed by atoms with E-state index in [4.69, 9.17) is 0 Å². The SMILES string of the molecule is Cc1cc[nH+]c(N[C@@H](c2cccnc2)c2ccc3cccnc3c2O)c1. The first-order valence-corrected chi connectivity index (χ1v) is 8.44. The van der Waals surface area contributed by atoms with Crippen LogP contribution in [0.1, 0.15) is 22.7 Å². The van der Waals surface area contributed by atoms with Gasteiger partial charge in [-0.25, -0.2) is 4.98 Å². The van der Waals surface area contributed by atoms with Crippen molar-refractivity contribution < 1.29 is 10.1 Å². The Hall–Kier alpha value is -3.47. The van der Waals surface area contributed by atoms with Crippen LogP contribution >= 0.6 is 0 Å². The zero-order chi connectivity index (χ0) is 17.9. The highest BCUT2D eigenvalue weighted by Gasteiger charge is 2.24. The molecule has 0 bridgehead atoms. The van der Waals surface area contributed by atoms with Gasteiger partial charge in [0.05, 0.1) is 6.20 Å². The zero-order valence-electron chi connectivity index (χ0n) is 14.3. The fraction of sp³-hybridized carbons (Fsp3) is 0.0952. The summed E-state index contributed by atoms with van der Waals surface area (Å²) in [5.74, 6) is 1.04. The molecule has 1 atom stereocenters. The summed E-state index contributed by atoms with van der Waals surface area (Å²) >= 11 is 0. The van der Waals surface area contributed by atoms with Crippen molar-refractivity contribution in [1.29, 1.82) is 0 Å². The monoisotopic (exact) mass is 343 g/mol. The normalized spacial score (nSPS) is 12.0. The first-order chi connectivity index (χ1) is 12.7. The highest BCUT2D eigenvalue weighted by molar-refractivity contribution is 5.85. The largest absolute Gasteiger partial charge is 0.505 e. The van der Waals surface area contributed by atoms with E-state index in [2.05, 4.69) is 20.3 Å². The topological polar surface area (TPSA) is 72.2 Å². The van der Waals surface area contributed by atoms with Crippen molar-refractivity contribution in [3.63, 3.8) is 0 Å². The molecule has 0 aliphatic heterocycles. The van der Waals surface area contributed by atoms with Gasteiger partial charge in [0.1, 0.15) is 17.3 Å². The maximum absolute atomic E-state index is 10.9. The van der Waals surface area contributed by atoms with E-state index in [1.54, 1.807) is 18.6 Å². The van der Waals surface area contributed by atoms with Crippen LogP contribution in [0.3, 0.4) is 0 Å². The summed E-state index contributed by atoms with van der Waals surface area (Å²) in [6.07, 6.45) is 7.11. The predicted molar refractivity (Wildman–Crippen MR) is 101 cm³/mol. The molecule has 4 rings (SSSR count). The minimum Gasteiger partial charge on any atom is -0.505 e. The summed E-state index contributed by atoms with van der Waals surface area (Å²) < 4.78 is 0. The molecule has 3 N–H and O–H groups in total. The first-order valence-electron chi connectivity index (χ1n) is 8.44. The Balaban J connectivity index is 1.84. The van der Waals surface area contributed by atoms with E-state index in [1.165, 1.54) is 0 Å². The van der Waals surface area contributed by atoms with Gasteiger partial charge >= 0.3 is 0 Å². The fourth-order valence-corrected chi connectivity index (χ4v) is 3.08. The summed E-state index contributed by atoms with van der Waals surface area (Å²) in [5.41, 5.74) is 3.43. The number of anilines is 1. The van der Waals surface area contributed by atoms with Crippen LogP contribution in [0.25, 0.3) is 10.9 Å². The van der Waals surface area contributed by atoms with Crippen LogP contribution in [0.4, 0.5) is 5.82 Å². The lowest BCUT2D eigenvalue weighted by atomic mass is 9.97. The van der Waals surface area contributed by atoms with E-state index in [0.717, 1.165) is 27.9 Å². The van der Waals surface area contributed by atoms with E-state index >= 15 is 0 Å². The quantitative estimate of drug-likeness (QED) is 0.593. The summed E-state index contributed by atoms with van der Waals surface area (Å²) in [4.78, 5) is 11.8. The summed E-state index contributed by atoms with van der Waals surface area (Å²) in [7, 11) is 0. The molecule has 3 aromatic heterocycles. The van der Waals surface area contributed by atoms with Gasteiger partial charge in [-0.3, -0.25) is 15.3 Å². The first kappa shape index (κ1) is 16.0. The molecule has 4 aromatic rings. The highest BCUT2D eigenvalue weighted by atomic mass is 16.3. The molecule has 3 heterocycles. The highest BCUT2D eigenvalue weighted by Crippen LogP contribution is 2.35. The number of aromatic nitrogens is 3. The van der Waals surface area contributed by atoms with Crippen molar-refractivity contribution in [3.05, 3.63) is 90.0 Å². The van der Waals surface area contributed by atoms with Gasteiger partial charge in [0.2, 0.25) is 0 Å². The Labute approximate surface area is 151 Å². The third kappa shape index (κ3) is 3.07. The van der Waals surface area contributed by atoms with Crippen molar-refractivity contribution in [2.45, 2.75) is 13.0 Å². The maximum atomic E-state index is 10.9. The molecule has 128 valence electrons. The molecule has 1 aromatic carbocycles. The van der Waals surface area contributed by atoms with Gasteiger partial charge in [-0.15, -0.1) is 0 Å². The molecule has 0 aliphatic rings. The zero-order valence-corrected chi connectivity index (χ0v) is 14.3. The Morgan fingerprint density at radius 3 is 2.77 bits per heavy atom. The van der Waals surface area contributed by atoms with Crippen LogP contribution in [-0.2, 0) is 0 Å². The number of aromatic amines is 1. The molecule has 0 spiro atoms. The third-order valence-electron chi connectivity index (χ3n) is 4.36. The lowest BCUT2D eigenvalue weighted by molar-refractivity contribution is -0.361. The summed E-state index contributed by atoms with van der Waals surface area (Å²) in [6.45, 7) is 2.04. The van der Waals surface area contributed by atoms with Crippen molar-refractivity contribution in [3.8, 4) is 5.75 Å². The van der Waals surface area contributed by atoms with Crippen LogP contribution in [-0.4, -0.2) is 15.1 Å². The van der Waals surface area contributed by atoms with Gasteiger partial charge in [0.15, 0.2) is 0 Å². The number of benzene rings is 1. The van der Waals surface area contributed by atoms with Gasteiger partial charge in [-0.1, -0.05) is 18.2 Å². The second kappa shape index (κ2) is 6.80. The fourth-order valence-electron chi connectivity index (χ4n) is 3.08. The predicted octanol–water partition coefficient (Wildman–Crippen LogP) is 3.66. The Bertz CT molecular complexity index is 1050. The van der Waals surface area contributed by atoms with Gasteiger partial charge in [-0.2, -0.15) is 0 Å². The van der Waals surface area contributed by atoms with Crippen molar-refractivity contribution in [1.82, 2.24) is 9.97 Å². The van der Waals surface area contributed by atoms with Crippen LogP contribution in [0.15, 0.2) is 73.3 Å². The number of fused-ring (bicyclic) bond motifs is 1. The second-order valence-electron chi connectivity index (χ2n) is 6.22. The lowest BCUT2D eigenvalue weighted by Gasteiger charge is -2.17. The van der Waals surface area contributed by atoms with E-state index in [9.17, 15) is 5.11 Å². The summed E-state index contributed by atoms with van der Waals surface area (Å²) in [6, 6.07) is 15.3. The molecule has 5 heteroatoms. The molecule has 0 radical (unpaired) electrons. The maximum Gasteiger partial charge on any atom is 0.273 e. The van der Waals surface area contributed by atoms with Crippen molar-refractivity contribution in [2.24, 2.45) is 0 Å². The number of phenols is 1. The molecule has 0 saturated carbocycles. The smallest absolute Gasteiger partial charge is 0.273 e. The molecular formula is C21H19N4O+. The lowest BCUT2D eigenvalue weighted by Crippen LogP contribution is -2.19. The number of pyridine rings is 3. The van der Waals surface area contributed by atoms with Crippen molar-refractivity contribution >= 4 is 16.7 Å². The standard InChI is InChI=1S/C21H18N4O/c1-14-8-11-23-18(12-14)25-19(16-5-2-9-22-13-16)17-7-6-15-4-3-10-24-20(15)21(17)26/h2-13,19,26H,1H3,(H,23,25)/p+1/t19-/m0/s1. The number of phenolic OH excluding ortho intramolecular Hbond substituents is 1. The molecule has 0 saturated heterocycles. The molecule has 0 unspecified atom stereocenters. The van der Waals surface area contributed by atoms with Gasteiger partial charge in [-0.05, 0) is 36.8 Å². The number of aromatic hydroxyl groups is 1. The number of hydrogen-bond donors (Lipinski definition) is 2. The van der Waals surface area contributed by atoms with Gasteiger partial charge in [0, 0.05) is 41.2 Å². The van der Waals surface area contributed by atoms with Gasteiger partial charge < -0.3 is 5.11 Å². The average molecular weight is 343 g/mol. The molecule has 5 nitrogen and oxygen atoms in total. The van der Waals surface area contributed by atoms with E-state index in [1.807, 2.05) is 61.7 Å². The third-order valence-corrected chi connectivity index (χ3v) is 4.36. The minimum atomic E-state index is -0.270. The molecule has 0 fully saturated rings. The van der Waals surface area contributed by atoms with Gasteiger partial charge in [0.25, 0.3) is 5.82 Å². The van der Waals surface area contributed by atoms with Crippen LogP contribution in [0, 0.1) is 6.92 Å². The number of aryl methyl sites for hydroxylation is 1. The molecule has 26 heavy (non-hydrogen) atoms. The van der Waals surface area contributed by atoms with Crippen LogP contribution in [0.5, 0.6) is 5.75 Å².